The molecular formula is C14H18N2O3. The minimum absolute atomic E-state index is 0.311. The van der Waals surface area contributed by atoms with Crippen LogP contribution in [0.25, 0.3) is 0 Å². The Hall–Kier alpha value is -1.91. The summed E-state index contributed by atoms with van der Waals surface area (Å²) in [6.45, 7) is 3.66. The fourth-order valence-electron chi connectivity index (χ4n) is 2.10. The Kier molecular flexibility index (Phi) is 4.49. The van der Waals surface area contributed by atoms with Crippen molar-refractivity contribution in [3.8, 4) is 0 Å². The molecule has 0 aliphatic carbocycles. The molecule has 0 spiro atoms. The Morgan fingerprint density at radius 3 is 2.89 bits per heavy atom. The van der Waals surface area contributed by atoms with Crippen molar-refractivity contribution in [3.05, 3.63) is 23.9 Å². The zero-order valence-electron chi connectivity index (χ0n) is 11.1. The normalized spacial score (nSPS) is 16.1. The van der Waals surface area contributed by atoms with Crippen LogP contribution in [0.15, 0.2) is 18.3 Å². The van der Waals surface area contributed by atoms with E-state index in [2.05, 4.69) is 9.88 Å². The Morgan fingerprint density at radius 2 is 2.21 bits per heavy atom. The summed E-state index contributed by atoms with van der Waals surface area (Å²) in [6, 6.07) is 3.52. The SMILES string of the molecule is CCOC(=O)c1ccc(N2CCCC(=O)CC2)nc1. The van der Waals surface area contributed by atoms with Crippen LogP contribution in [0.2, 0.25) is 0 Å². The van der Waals surface area contributed by atoms with Gasteiger partial charge in [-0.2, -0.15) is 0 Å². The fraction of sp³-hybridized carbons (Fsp3) is 0.500. The van der Waals surface area contributed by atoms with Crippen molar-refractivity contribution in [2.75, 3.05) is 24.6 Å². The Bertz CT molecular complexity index is 456. The Balaban J connectivity index is 2.05. The molecule has 2 heterocycles. The number of carbonyl (C=O) groups is 2. The molecule has 0 unspecified atom stereocenters. The van der Waals surface area contributed by atoms with Crippen molar-refractivity contribution in [1.82, 2.24) is 4.98 Å². The third-order valence-corrected chi connectivity index (χ3v) is 3.13. The minimum atomic E-state index is -0.354. The lowest BCUT2D eigenvalue weighted by Gasteiger charge is -2.20. The highest BCUT2D eigenvalue weighted by Gasteiger charge is 2.16. The maximum atomic E-state index is 11.5. The highest BCUT2D eigenvalue weighted by Crippen LogP contribution is 2.16. The summed E-state index contributed by atoms with van der Waals surface area (Å²) >= 11 is 0. The van der Waals surface area contributed by atoms with Gasteiger partial charge in [0.1, 0.15) is 11.6 Å². The van der Waals surface area contributed by atoms with Crippen molar-refractivity contribution in [2.24, 2.45) is 0 Å². The number of carbonyl (C=O) groups excluding carboxylic acids is 2. The predicted molar refractivity (Wildman–Crippen MR) is 71.3 cm³/mol. The fourth-order valence-corrected chi connectivity index (χ4v) is 2.10. The number of nitrogens with zero attached hydrogens (tertiary/aromatic N) is 2. The van der Waals surface area contributed by atoms with Crippen LogP contribution in [-0.4, -0.2) is 36.4 Å². The number of ketones is 1. The van der Waals surface area contributed by atoms with Crippen LogP contribution in [-0.2, 0) is 9.53 Å². The van der Waals surface area contributed by atoms with Gasteiger partial charge in [-0.05, 0) is 25.5 Å². The maximum absolute atomic E-state index is 11.5. The molecule has 1 saturated heterocycles. The van der Waals surface area contributed by atoms with E-state index >= 15 is 0 Å². The van der Waals surface area contributed by atoms with E-state index in [1.807, 2.05) is 6.07 Å². The molecule has 1 fully saturated rings. The predicted octanol–water partition coefficient (Wildman–Crippen LogP) is 1.82. The summed E-state index contributed by atoms with van der Waals surface area (Å²) in [5, 5.41) is 0. The van der Waals surface area contributed by atoms with E-state index < -0.39 is 0 Å². The molecule has 1 aromatic heterocycles. The van der Waals surface area contributed by atoms with Gasteiger partial charge in [0.25, 0.3) is 0 Å². The Labute approximate surface area is 112 Å². The molecule has 1 aliphatic heterocycles. The van der Waals surface area contributed by atoms with Gasteiger partial charge in [0.05, 0.1) is 12.2 Å². The first-order valence-corrected chi connectivity index (χ1v) is 6.60. The lowest BCUT2D eigenvalue weighted by atomic mass is 10.2. The van der Waals surface area contributed by atoms with Gasteiger partial charge in [0, 0.05) is 32.1 Å². The summed E-state index contributed by atoms with van der Waals surface area (Å²) in [4.78, 5) is 29.2. The van der Waals surface area contributed by atoms with Crippen LogP contribution in [0, 0.1) is 0 Å². The molecule has 0 aromatic carbocycles. The molecular weight excluding hydrogens is 244 g/mol. The van der Waals surface area contributed by atoms with Gasteiger partial charge in [-0.15, -0.1) is 0 Å². The molecule has 0 atom stereocenters. The van der Waals surface area contributed by atoms with Crippen LogP contribution >= 0.6 is 0 Å². The van der Waals surface area contributed by atoms with Crippen molar-refractivity contribution in [2.45, 2.75) is 26.2 Å². The van der Waals surface area contributed by atoms with E-state index in [1.54, 1.807) is 13.0 Å². The first kappa shape index (κ1) is 13.5. The second-order valence-electron chi connectivity index (χ2n) is 4.50. The average Bonchev–Trinajstić information content (AvgIpc) is 2.64. The van der Waals surface area contributed by atoms with Gasteiger partial charge in [-0.1, -0.05) is 0 Å². The summed E-state index contributed by atoms with van der Waals surface area (Å²) in [5.41, 5.74) is 0.455. The molecule has 0 saturated carbocycles. The van der Waals surface area contributed by atoms with Gasteiger partial charge in [-0.25, -0.2) is 9.78 Å². The smallest absolute Gasteiger partial charge is 0.339 e. The molecule has 102 valence electrons. The number of Topliss-reactive ketones (excluding diaryl/α,β-unsaturated/α-hetero) is 1. The van der Waals surface area contributed by atoms with Crippen LogP contribution in [0.1, 0.15) is 36.5 Å². The molecule has 0 amide bonds. The number of rotatable bonds is 3. The molecule has 0 radical (unpaired) electrons. The van der Waals surface area contributed by atoms with Gasteiger partial charge in [0.2, 0.25) is 0 Å². The topological polar surface area (TPSA) is 59.5 Å². The second kappa shape index (κ2) is 6.31. The van der Waals surface area contributed by atoms with Crippen molar-refractivity contribution in [1.29, 1.82) is 0 Å². The summed E-state index contributed by atoms with van der Waals surface area (Å²) in [5.74, 6) is 0.765. The molecule has 5 nitrogen and oxygen atoms in total. The molecule has 0 bridgehead atoms. The van der Waals surface area contributed by atoms with Gasteiger partial charge in [-0.3, -0.25) is 4.79 Å². The van der Waals surface area contributed by atoms with E-state index in [9.17, 15) is 9.59 Å². The van der Waals surface area contributed by atoms with Crippen LogP contribution in [0.5, 0.6) is 0 Å². The number of anilines is 1. The van der Waals surface area contributed by atoms with E-state index in [0.29, 0.717) is 37.3 Å². The molecule has 2 rings (SSSR count). The number of esters is 1. The molecule has 0 N–H and O–H groups in total. The highest BCUT2D eigenvalue weighted by molar-refractivity contribution is 5.89. The largest absolute Gasteiger partial charge is 0.462 e. The minimum Gasteiger partial charge on any atom is -0.462 e. The van der Waals surface area contributed by atoms with E-state index in [1.165, 1.54) is 6.20 Å². The van der Waals surface area contributed by atoms with Crippen LogP contribution < -0.4 is 4.90 Å². The molecule has 19 heavy (non-hydrogen) atoms. The van der Waals surface area contributed by atoms with E-state index in [-0.39, 0.29) is 5.97 Å². The summed E-state index contributed by atoms with van der Waals surface area (Å²) < 4.78 is 4.91. The van der Waals surface area contributed by atoms with Crippen LogP contribution in [0.4, 0.5) is 5.82 Å². The number of ether oxygens (including phenoxy) is 1. The zero-order chi connectivity index (χ0) is 13.7. The lowest BCUT2D eigenvalue weighted by Crippen LogP contribution is -2.25. The van der Waals surface area contributed by atoms with Crippen molar-refractivity contribution in [3.63, 3.8) is 0 Å². The number of hydrogen-bond donors (Lipinski definition) is 0. The summed E-state index contributed by atoms with van der Waals surface area (Å²) in [7, 11) is 0. The zero-order valence-corrected chi connectivity index (χ0v) is 11.1. The molecule has 1 aliphatic rings. The van der Waals surface area contributed by atoms with Gasteiger partial charge in [0.15, 0.2) is 0 Å². The molecule has 5 heteroatoms. The van der Waals surface area contributed by atoms with Crippen molar-refractivity contribution >= 4 is 17.6 Å². The maximum Gasteiger partial charge on any atom is 0.339 e. The quantitative estimate of drug-likeness (QED) is 0.778. The van der Waals surface area contributed by atoms with E-state index in [0.717, 1.165) is 18.8 Å². The van der Waals surface area contributed by atoms with Crippen molar-refractivity contribution < 1.29 is 14.3 Å². The number of aromatic nitrogens is 1. The molecule has 1 aromatic rings. The summed E-state index contributed by atoms with van der Waals surface area (Å²) in [6.07, 6.45) is 3.61. The first-order chi connectivity index (χ1) is 9.20. The Morgan fingerprint density at radius 1 is 1.37 bits per heavy atom. The third-order valence-electron chi connectivity index (χ3n) is 3.13. The number of hydrogen-bond acceptors (Lipinski definition) is 5. The van der Waals surface area contributed by atoms with Gasteiger partial charge < -0.3 is 9.64 Å². The lowest BCUT2D eigenvalue weighted by molar-refractivity contribution is -0.118. The third kappa shape index (κ3) is 3.53. The number of pyridine rings is 1. The monoisotopic (exact) mass is 262 g/mol. The van der Waals surface area contributed by atoms with Gasteiger partial charge >= 0.3 is 5.97 Å². The average molecular weight is 262 g/mol. The highest BCUT2D eigenvalue weighted by atomic mass is 16.5. The standard InChI is InChI=1S/C14H18N2O3/c1-2-19-14(18)11-5-6-13(15-10-11)16-8-3-4-12(17)7-9-16/h5-6,10H,2-4,7-9H2,1H3. The van der Waals surface area contributed by atoms with E-state index in [4.69, 9.17) is 4.74 Å². The van der Waals surface area contributed by atoms with Crippen LogP contribution in [0.3, 0.4) is 0 Å². The second-order valence-corrected chi connectivity index (χ2v) is 4.50. The first-order valence-electron chi connectivity index (χ1n) is 6.60.